The number of ether oxygens (including phenoxy) is 1. The summed E-state index contributed by atoms with van der Waals surface area (Å²) in [5.41, 5.74) is 6.22. The van der Waals surface area contributed by atoms with Crippen molar-refractivity contribution in [3.63, 3.8) is 0 Å². The first-order valence-corrected chi connectivity index (χ1v) is 12.8. The van der Waals surface area contributed by atoms with Crippen molar-refractivity contribution < 1.29 is 14.3 Å². The molecule has 4 aromatic rings. The van der Waals surface area contributed by atoms with Gasteiger partial charge < -0.3 is 15.4 Å². The molecular weight excluding hydrogens is 478 g/mol. The van der Waals surface area contributed by atoms with E-state index in [0.717, 1.165) is 31.4 Å². The number of anilines is 2. The summed E-state index contributed by atoms with van der Waals surface area (Å²) in [4.78, 5) is 30.1. The van der Waals surface area contributed by atoms with Crippen LogP contribution in [0.4, 0.5) is 11.4 Å². The van der Waals surface area contributed by atoms with Crippen molar-refractivity contribution in [3.05, 3.63) is 76.9 Å². The van der Waals surface area contributed by atoms with Crippen molar-refractivity contribution in [2.75, 3.05) is 17.7 Å². The Balaban J connectivity index is 1.43. The molecule has 0 aliphatic carbocycles. The molecule has 0 unspecified atom stereocenters. The van der Waals surface area contributed by atoms with Gasteiger partial charge in [0, 0.05) is 16.9 Å². The maximum Gasteiger partial charge on any atom is 0.255 e. The molecule has 0 radical (unpaired) electrons. The number of rotatable bonds is 7. The van der Waals surface area contributed by atoms with E-state index in [-0.39, 0.29) is 17.1 Å². The van der Waals surface area contributed by atoms with Crippen LogP contribution in [0.15, 0.2) is 58.9 Å². The van der Waals surface area contributed by atoms with Crippen LogP contribution in [0.2, 0.25) is 0 Å². The van der Waals surface area contributed by atoms with Gasteiger partial charge in [0.1, 0.15) is 5.75 Å². The Morgan fingerprint density at radius 1 is 0.971 bits per heavy atom. The summed E-state index contributed by atoms with van der Waals surface area (Å²) >= 11 is 2.93. The second-order valence-electron chi connectivity index (χ2n) is 8.37. The number of thioether (sulfide) groups is 1. The molecule has 6 nitrogen and oxygen atoms in total. The van der Waals surface area contributed by atoms with E-state index in [4.69, 9.17) is 4.74 Å². The van der Waals surface area contributed by atoms with Crippen molar-refractivity contribution in [2.45, 2.75) is 37.3 Å². The minimum atomic E-state index is -0.315. The third-order valence-corrected chi connectivity index (χ3v) is 7.76. The molecule has 0 fully saturated rings. The zero-order chi connectivity index (χ0) is 25.1. The number of thiazole rings is 1. The Kier molecular flexibility index (Phi) is 7.42. The van der Waals surface area contributed by atoms with Crippen molar-refractivity contribution >= 4 is 56.5 Å². The van der Waals surface area contributed by atoms with Crippen LogP contribution in [0.5, 0.6) is 5.75 Å². The van der Waals surface area contributed by atoms with Crippen LogP contribution < -0.4 is 15.4 Å². The Labute approximate surface area is 213 Å². The van der Waals surface area contributed by atoms with Gasteiger partial charge in [-0.1, -0.05) is 29.5 Å². The molecule has 180 valence electrons. The zero-order valence-electron chi connectivity index (χ0n) is 20.3. The average molecular weight is 506 g/mol. The normalized spacial score (nSPS) is 11.8. The third kappa shape index (κ3) is 5.83. The third-order valence-electron chi connectivity index (χ3n) is 5.55. The number of aryl methyl sites for hydroxylation is 3. The molecular formula is C27H27N3O3S2. The minimum Gasteiger partial charge on any atom is -0.497 e. The molecule has 4 rings (SSSR count). The van der Waals surface area contributed by atoms with Gasteiger partial charge in [-0.15, -0.1) is 11.3 Å². The van der Waals surface area contributed by atoms with Crippen molar-refractivity contribution in [1.82, 2.24) is 4.98 Å². The van der Waals surface area contributed by atoms with Crippen molar-refractivity contribution in [1.29, 1.82) is 0 Å². The summed E-state index contributed by atoms with van der Waals surface area (Å²) in [6, 6.07) is 16.7. The van der Waals surface area contributed by atoms with E-state index in [1.807, 2.05) is 45.9 Å². The molecule has 2 N–H and O–H groups in total. The number of nitrogens with one attached hydrogen (secondary N) is 2. The number of hydrogen-bond donors (Lipinski definition) is 2. The summed E-state index contributed by atoms with van der Waals surface area (Å²) in [6.07, 6.45) is 0. The van der Waals surface area contributed by atoms with Crippen LogP contribution in [0, 0.1) is 20.8 Å². The van der Waals surface area contributed by atoms with Crippen LogP contribution in [-0.4, -0.2) is 29.2 Å². The molecule has 0 spiro atoms. The first-order valence-electron chi connectivity index (χ1n) is 11.1. The molecule has 0 saturated heterocycles. The molecule has 0 saturated carbocycles. The van der Waals surface area contributed by atoms with E-state index in [1.165, 1.54) is 28.7 Å². The highest BCUT2D eigenvalue weighted by atomic mass is 32.2. The SMILES string of the molecule is COc1ccc(C(=O)Nc2ccc3nc(S[C@@H](C)C(=O)Nc4c(C)cc(C)cc4C)sc3c2)cc1. The van der Waals surface area contributed by atoms with Gasteiger partial charge in [0.2, 0.25) is 5.91 Å². The number of fused-ring (bicyclic) bond motifs is 1. The van der Waals surface area contributed by atoms with E-state index in [0.29, 0.717) is 17.0 Å². The fraction of sp³-hybridized carbons (Fsp3) is 0.222. The summed E-state index contributed by atoms with van der Waals surface area (Å²) in [7, 11) is 1.59. The van der Waals surface area contributed by atoms with Crippen molar-refractivity contribution in [2.24, 2.45) is 0 Å². The van der Waals surface area contributed by atoms with E-state index in [9.17, 15) is 9.59 Å². The Morgan fingerprint density at radius 3 is 2.31 bits per heavy atom. The first kappa shape index (κ1) is 24.8. The van der Waals surface area contributed by atoms with Crippen LogP contribution in [-0.2, 0) is 4.79 Å². The highest BCUT2D eigenvalue weighted by Gasteiger charge is 2.19. The summed E-state index contributed by atoms with van der Waals surface area (Å²) < 4.78 is 6.89. The first-order chi connectivity index (χ1) is 16.7. The van der Waals surface area contributed by atoms with Gasteiger partial charge in [0.25, 0.3) is 5.91 Å². The molecule has 1 atom stereocenters. The highest BCUT2D eigenvalue weighted by Crippen LogP contribution is 2.34. The number of benzene rings is 3. The average Bonchev–Trinajstić information content (AvgIpc) is 3.22. The molecule has 3 aromatic carbocycles. The van der Waals surface area contributed by atoms with E-state index >= 15 is 0 Å². The van der Waals surface area contributed by atoms with Gasteiger partial charge in [0.05, 0.1) is 22.6 Å². The van der Waals surface area contributed by atoms with Crippen LogP contribution in [0.1, 0.15) is 34.0 Å². The molecule has 0 aliphatic rings. The van der Waals surface area contributed by atoms with Gasteiger partial charge >= 0.3 is 0 Å². The van der Waals surface area contributed by atoms with E-state index in [1.54, 1.807) is 31.4 Å². The maximum absolute atomic E-state index is 12.9. The second kappa shape index (κ2) is 10.5. The van der Waals surface area contributed by atoms with Gasteiger partial charge in [-0.3, -0.25) is 9.59 Å². The molecule has 8 heteroatoms. The minimum absolute atomic E-state index is 0.0586. The smallest absolute Gasteiger partial charge is 0.255 e. The molecule has 1 heterocycles. The summed E-state index contributed by atoms with van der Waals surface area (Å²) in [6.45, 7) is 7.94. The number of carbonyl (C=O) groups excluding carboxylic acids is 2. The molecule has 0 aliphatic heterocycles. The quantitative estimate of drug-likeness (QED) is 0.277. The van der Waals surface area contributed by atoms with Crippen LogP contribution >= 0.6 is 23.1 Å². The summed E-state index contributed by atoms with van der Waals surface area (Å²) in [5.74, 6) is 0.444. The molecule has 1 aromatic heterocycles. The number of nitrogens with zero attached hydrogens (tertiary/aromatic N) is 1. The standard InChI is InChI=1S/C27H27N3O3S2/c1-15-12-16(2)24(17(3)13-15)30-25(31)18(4)34-27-29-22-11-8-20(14-23(22)35-27)28-26(32)19-6-9-21(33-5)10-7-19/h6-14,18H,1-5H3,(H,28,32)(H,30,31)/t18-/m0/s1. The second-order valence-corrected chi connectivity index (χ2v) is 11.0. The predicted octanol–water partition coefficient (Wildman–Crippen LogP) is 6.60. The summed E-state index contributed by atoms with van der Waals surface area (Å²) in [5, 5.41) is 5.69. The lowest BCUT2D eigenvalue weighted by Gasteiger charge is -2.15. The predicted molar refractivity (Wildman–Crippen MR) is 145 cm³/mol. The van der Waals surface area contributed by atoms with Crippen LogP contribution in [0.25, 0.3) is 10.2 Å². The molecule has 0 bridgehead atoms. The van der Waals surface area contributed by atoms with Gasteiger partial charge in [0.15, 0.2) is 4.34 Å². The maximum atomic E-state index is 12.9. The van der Waals surface area contributed by atoms with E-state index in [2.05, 4.69) is 27.8 Å². The largest absolute Gasteiger partial charge is 0.497 e. The van der Waals surface area contributed by atoms with Gasteiger partial charge in [-0.05, 0) is 81.3 Å². The Hall–Kier alpha value is -3.36. The lowest BCUT2D eigenvalue weighted by atomic mass is 10.1. The topological polar surface area (TPSA) is 80.3 Å². The lowest BCUT2D eigenvalue weighted by Crippen LogP contribution is -2.23. The number of carbonyl (C=O) groups is 2. The zero-order valence-corrected chi connectivity index (χ0v) is 21.9. The lowest BCUT2D eigenvalue weighted by molar-refractivity contribution is -0.115. The van der Waals surface area contributed by atoms with Crippen molar-refractivity contribution in [3.8, 4) is 5.75 Å². The number of hydrogen-bond acceptors (Lipinski definition) is 6. The van der Waals surface area contributed by atoms with E-state index < -0.39 is 0 Å². The van der Waals surface area contributed by atoms with Gasteiger partial charge in [-0.25, -0.2) is 4.98 Å². The Morgan fingerprint density at radius 2 is 1.66 bits per heavy atom. The fourth-order valence-corrected chi connectivity index (χ4v) is 6.03. The Bertz CT molecular complexity index is 1370. The number of amides is 2. The van der Waals surface area contributed by atoms with Crippen LogP contribution in [0.3, 0.4) is 0 Å². The molecule has 2 amide bonds. The fourth-order valence-electron chi connectivity index (χ4n) is 3.78. The molecule has 35 heavy (non-hydrogen) atoms. The number of aromatic nitrogens is 1. The number of methoxy groups -OCH3 is 1. The monoisotopic (exact) mass is 505 g/mol. The van der Waals surface area contributed by atoms with Gasteiger partial charge in [-0.2, -0.15) is 0 Å². The highest BCUT2D eigenvalue weighted by molar-refractivity contribution is 8.02.